The maximum Gasteiger partial charge on any atom is 0.156 e. The van der Waals surface area contributed by atoms with Crippen LogP contribution in [-0.2, 0) is 4.12 Å². The van der Waals surface area contributed by atoms with E-state index in [1.807, 2.05) is 12.1 Å². The smallest absolute Gasteiger partial charge is 0.156 e. The molecule has 1 aromatic carbocycles. The third-order valence-electron chi connectivity index (χ3n) is 1.86. The van der Waals surface area contributed by atoms with Crippen LogP contribution in [0, 0.1) is 0 Å². The molecular formula is C9H14OSi2. The summed E-state index contributed by atoms with van der Waals surface area (Å²) in [4.78, 5) is 0. The lowest BCUT2D eigenvalue weighted by Crippen LogP contribution is -2.07. The first-order valence-electron chi connectivity index (χ1n) is 4.05. The second-order valence-corrected chi connectivity index (χ2v) is 6.23. The fraction of sp³-hybridized carbons (Fsp3) is 0.111. The van der Waals surface area contributed by atoms with Gasteiger partial charge < -0.3 is 4.12 Å². The van der Waals surface area contributed by atoms with Crippen LogP contribution in [0.2, 0.25) is 0 Å². The van der Waals surface area contributed by atoms with Crippen molar-refractivity contribution in [2.45, 2.75) is 5.54 Å². The molecule has 0 aliphatic carbocycles. The highest BCUT2D eigenvalue weighted by molar-refractivity contribution is 6.37. The summed E-state index contributed by atoms with van der Waals surface area (Å²) in [5.41, 5.74) is 1.83. The zero-order valence-corrected chi connectivity index (χ0v) is 10.8. The Hall–Kier alpha value is -0.646. The Morgan fingerprint density at radius 3 is 2.58 bits per heavy atom. The Labute approximate surface area is 78.9 Å². The van der Waals surface area contributed by atoms with Crippen molar-refractivity contribution < 1.29 is 4.12 Å². The fourth-order valence-corrected chi connectivity index (χ4v) is 3.22. The molecule has 0 aromatic heterocycles. The normalized spacial score (nSPS) is 13.7. The van der Waals surface area contributed by atoms with Gasteiger partial charge in [-0.3, -0.25) is 0 Å². The van der Waals surface area contributed by atoms with Gasteiger partial charge in [-0.2, -0.15) is 0 Å². The molecule has 12 heavy (non-hydrogen) atoms. The summed E-state index contributed by atoms with van der Waals surface area (Å²) in [6.07, 6.45) is 2.00. The van der Waals surface area contributed by atoms with Crippen molar-refractivity contribution in [2.24, 2.45) is 0 Å². The van der Waals surface area contributed by atoms with Gasteiger partial charge in [0.05, 0.1) is 0 Å². The van der Waals surface area contributed by atoms with Crippen LogP contribution >= 0.6 is 0 Å². The Kier molecular flexibility index (Phi) is 4.00. The van der Waals surface area contributed by atoms with E-state index in [2.05, 4.69) is 30.8 Å². The summed E-state index contributed by atoms with van der Waals surface area (Å²) in [5, 5.41) is 0. The van der Waals surface area contributed by atoms with Crippen LogP contribution in [-0.4, -0.2) is 20.2 Å². The molecule has 1 unspecified atom stereocenters. The average molecular weight is 194 g/mol. The molecule has 3 heteroatoms. The van der Waals surface area contributed by atoms with E-state index in [-0.39, 0.29) is 0 Å². The van der Waals surface area contributed by atoms with Crippen LogP contribution in [0.15, 0.2) is 43.0 Å². The molecule has 0 amide bonds. The van der Waals surface area contributed by atoms with Gasteiger partial charge in [-0.05, 0) is 5.56 Å². The van der Waals surface area contributed by atoms with E-state index in [9.17, 15) is 0 Å². The molecule has 0 aliphatic heterocycles. The van der Waals surface area contributed by atoms with Gasteiger partial charge in [-0.25, -0.2) is 0 Å². The summed E-state index contributed by atoms with van der Waals surface area (Å²) in [5.74, 6) is 0. The Morgan fingerprint density at radius 1 is 1.42 bits per heavy atom. The molecule has 0 saturated heterocycles. The third kappa shape index (κ3) is 2.44. The minimum absolute atomic E-state index is 0.419. The number of allylic oxidation sites excluding steroid dienone is 1. The lowest BCUT2D eigenvalue weighted by molar-refractivity contribution is 0.652. The number of benzene rings is 1. The zero-order chi connectivity index (χ0) is 8.81. The fourth-order valence-electron chi connectivity index (χ4n) is 1.18. The van der Waals surface area contributed by atoms with Gasteiger partial charge in [0.1, 0.15) is 10.5 Å². The van der Waals surface area contributed by atoms with E-state index in [4.69, 9.17) is 4.12 Å². The quantitative estimate of drug-likeness (QED) is 0.495. The minimum atomic E-state index is -0.419. The predicted octanol–water partition coefficient (Wildman–Crippen LogP) is 0.294. The van der Waals surface area contributed by atoms with Gasteiger partial charge in [0.25, 0.3) is 0 Å². The van der Waals surface area contributed by atoms with Crippen LogP contribution in [0.5, 0.6) is 0 Å². The summed E-state index contributed by atoms with van der Waals surface area (Å²) >= 11 is 0. The average Bonchev–Trinajstić information content (AvgIpc) is 2.15. The molecular weight excluding hydrogens is 180 g/mol. The van der Waals surface area contributed by atoms with E-state index >= 15 is 0 Å². The molecule has 0 fully saturated rings. The SMILES string of the molecule is C=CC([SiH2]O[SiH3])c1ccccc1. The second kappa shape index (κ2) is 5.08. The lowest BCUT2D eigenvalue weighted by atomic mass is 10.1. The highest BCUT2D eigenvalue weighted by Crippen LogP contribution is 2.14. The van der Waals surface area contributed by atoms with Crippen molar-refractivity contribution in [3.05, 3.63) is 48.6 Å². The molecule has 1 nitrogen and oxygen atoms in total. The highest BCUT2D eigenvalue weighted by Gasteiger charge is 2.05. The zero-order valence-electron chi connectivity index (χ0n) is 7.36. The molecule has 0 saturated carbocycles. The first-order valence-corrected chi connectivity index (χ1v) is 6.26. The lowest BCUT2D eigenvalue weighted by Gasteiger charge is -2.10. The minimum Gasteiger partial charge on any atom is -0.467 e. The van der Waals surface area contributed by atoms with Crippen molar-refractivity contribution in [1.29, 1.82) is 0 Å². The summed E-state index contributed by atoms with van der Waals surface area (Å²) < 4.78 is 5.36. The van der Waals surface area contributed by atoms with Gasteiger partial charge in [0.15, 0.2) is 9.76 Å². The van der Waals surface area contributed by atoms with E-state index in [0.717, 1.165) is 10.5 Å². The maximum absolute atomic E-state index is 5.36. The van der Waals surface area contributed by atoms with Gasteiger partial charge in [0, 0.05) is 5.54 Å². The molecule has 0 aliphatic rings. The molecule has 1 aromatic rings. The first kappa shape index (κ1) is 9.44. The van der Waals surface area contributed by atoms with Crippen molar-refractivity contribution >= 4 is 20.2 Å². The van der Waals surface area contributed by atoms with Gasteiger partial charge >= 0.3 is 0 Å². The first-order chi connectivity index (χ1) is 5.88. The largest absolute Gasteiger partial charge is 0.467 e. The molecule has 0 bridgehead atoms. The van der Waals surface area contributed by atoms with Crippen molar-refractivity contribution in [3.63, 3.8) is 0 Å². The summed E-state index contributed by atoms with van der Waals surface area (Å²) in [6, 6.07) is 10.4. The monoisotopic (exact) mass is 194 g/mol. The maximum atomic E-state index is 5.36. The third-order valence-corrected chi connectivity index (χ3v) is 4.36. The van der Waals surface area contributed by atoms with Crippen molar-refractivity contribution in [2.75, 3.05) is 0 Å². The van der Waals surface area contributed by atoms with Crippen LogP contribution < -0.4 is 0 Å². The number of rotatable bonds is 4. The van der Waals surface area contributed by atoms with Crippen molar-refractivity contribution in [1.82, 2.24) is 0 Å². The summed E-state index contributed by atoms with van der Waals surface area (Å²) in [6.45, 7) is 3.83. The molecule has 0 heterocycles. The van der Waals surface area contributed by atoms with Crippen LogP contribution in [0.3, 0.4) is 0 Å². The predicted molar refractivity (Wildman–Crippen MR) is 58.9 cm³/mol. The van der Waals surface area contributed by atoms with E-state index < -0.39 is 9.76 Å². The van der Waals surface area contributed by atoms with Gasteiger partial charge in [-0.1, -0.05) is 36.4 Å². The highest BCUT2D eigenvalue weighted by atomic mass is 28.3. The van der Waals surface area contributed by atoms with Crippen molar-refractivity contribution in [3.8, 4) is 0 Å². The van der Waals surface area contributed by atoms with E-state index in [1.54, 1.807) is 0 Å². The Bertz CT molecular complexity index is 236. The molecule has 0 radical (unpaired) electrons. The Morgan fingerprint density at radius 2 is 2.08 bits per heavy atom. The second-order valence-electron chi connectivity index (χ2n) is 2.71. The molecule has 0 spiro atoms. The van der Waals surface area contributed by atoms with Gasteiger partial charge in [-0.15, -0.1) is 6.58 Å². The molecule has 1 rings (SSSR count). The topological polar surface area (TPSA) is 9.23 Å². The van der Waals surface area contributed by atoms with Crippen LogP contribution in [0.1, 0.15) is 11.1 Å². The number of hydrogen-bond acceptors (Lipinski definition) is 1. The van der Waals surface area contributed by atoms with E-state index in [1.165, 1.54) is 5.56 Å². The Balaban J connectivity index is 2.73. The van der Waals surface area contributed by atoms with Gasteiger partial charge in [0.2, 0.25) is 0 Å². The standard InChI is InChI=1S/C9H14OSi2/c1-2-9(12-10-11)8-6-4-3-5-7-8/h2-7,9H,1,12H2,11H3. The van der Waals surface area contributed by atoms with Crippen LogP contribution in [0.4, 0.5) is 0 Å². The molecule has 0 N–H and O–H groups in total. The molecule has 1 atom stereocenters. The van der Waals surface area contributed by atoms with Crippen LogP contribution in [0.25, 0.3) is 0 Å². The number of hydrogen-bond donors (Lipinski definition) is 0. The van der Waals surface area contributed by atoms with E-state index in [0.29, 0.717) is 5.54 Å². The molecule has 64 valence electrons. The summed E-state index contributed by atoms with van der Waals surface area (Å²) in [7, 11) is 0.438.